The lowest BCUT2D eigenvalue weighted by molar-refractivity contribution is -0.146. The van der Waals surface area contributed by atoms with E-state index in [-0.39, 0.29) is 0 Å². The van der Waals surface area contributed by atoms with Crippen molar-refractivity contribution in [2.75, 3.05) is 32.7 Å². The van der Waals surface area contributed by atoms with Crippen molar-refractivity contribution in [2.24, 2.45) is 0 Å². The largest absolute Gasteiger partial charge is 0.347 e. The van der Waals surface area contributed by atoms with Crippen LogP contribution in [0.2, 0.25) is 0 Å². The second-order valence-electron chi connectivity index (χ2n) is 4.37. The van der Waals surface area contributed by atoms with Gasteiger partial charge in [-0.25, -0.2) is 0 Å². The lowest BCUT2D eigenvalue weighted by atomic mass is 10.2. The van der Waals surface area contributed by atoms with Gasteiger partial charge in [-0.3, -0.25) is 14.6 Å². The van der Waals surface area contributed by atoms with E-state index in [0.717, 1.165) is 18.8 Å². The van der Waals surface area contributed by atoms with Crippen molar-refractivity contribution >= 4 is 11.8 Å². The van der Waals surface area contributed by atoms with Crippen LogP contribution in [0.4, 0.5) is 0 Å². The summed E-state index contributed by atoms with van der Waals surface area (Å²) in [4.78, 5) is 29.2. The highest BCUT2D eigenvalue weighted by Gasteiger charge is 2.22. The maximum atomic E-state index is 11.8. The molecule has 2 amide bonds. The summed E-state index contributed by atoms with van der Waals surface area (Å²) in [5, 5.41) is 5.78. The number of aromatic nitrogens is 1. The molecule has 0 atom stereocenters. The van der Waals surface area contributed by atoms with Crippen molar-refractivity contribution < 1.29 is 9.59 Å². The van der Waals surface area contributed by atoms with Crippen molar-refractivity contribution in [3.05, 3.63) is 30.1 Å². The quantitative estimate of drug-likeness (QED) is 0.697. The Morgan fingerprint density at radius 1 is 1.32 bits per heavy atom. The summed E-state index contributed by atoms with van der Waals surface area (Å²) in [6, 6.07) is 5.64. The molecule has 0 spiro atoms. The van der Waals surface area contributed by atoms with Gasteiger partial charge in [-0.2, -0.15) is 0 Å². The van der Waals surface area contributed by atoms with Crippen molar-refractivity contribution in [3.63, 3.8) is 0 Å². The first-order chi connectivity index (χ1) is 9.27. The van der Waals surface area contributed by atoms with Gasteiger partial charge >= 0.3 is 11.8 Å². The van der Waals surface area contributed by atoms with Crippen molar-refractivity contribution in [3.8, 4) is 0 Å². The zero-order valence-electron chi connectivity index (χ0n) is 10.8. The highest BCUT2D eigenvalue weighted by Crippen LogP contribution is 1.95. The highest BCUT2D eigenvalue weighted by molar-refractivity contribution is 6.35. The van der Waals surface area contributed by atoms with Gasteiger partial charge in [-0.05, 0) is 12.1 Å². The van der Waals surface area contributed by atoms with Gasteiger partial charge in [0.25, 0.3) is 0 Å². The summed E-state index contributed by atoms with van der Waals surface area (Å²) < 4.78 is 0. The van der Waals surface area contributed by atoms with Crippen LogP contribution in [0.1, 0.15) is 5.69 Å². The molecule has 0 bridgehead atoms. The second-order valence-corrected chi connectivity index (χ2v) is 4.37. The molecule has 0 radical (unpaired) electrons. The van der Waals surface area contributed by atoms with Gasteiger partial charge < -0.3 is 15.5 Å². The summed E-state index contributed by atoms with van der Waals surface area (Å²) >= 11 is 0. The van der Waals surface area contributed by atoms with Gasteiger partial charge in [0.15, 0.2) is 0 Å². The fraction of sp³-hybridized carbons (Fsp3) is 0.462. The first-order valence-corrected chi connectivity index (χ1v) is 6.45. The minimum Gasteiger partial charge on any atom is -0.347 e. The standard InChI is InChI=1S/C13H18N4O2/c18-12(13(19)17-9-7-14-8-10-17)16-6-4-11-3-1-2-5-15-11/h1-3,5,14H,4,6-10H2,(H,16,18). The van der Waals surface area contributed by atoms with Gasteiger partial charge in [0.1, 0.15) is 0 Å². The number of carbonyl (C=O) groups excluding carboxylic acids is 2. The Morgan fingerprint density at radius 2 is 2.11 bits per heavy atom. The summed E-state index contributed by atoms with van der Waals surface area (Å²) in [5.41, 5.74) is 0.900. The molecule has 1 aliphatic heterocycles. The summed E-state index contributed by atoms with van der Waals surface area (Å²) in [6.45, 7) is 3.09. The number of rotatable bonds is 3. The number of hydrogen-bond acceptors (Lipinski definition) is 4. The molecule has 0 aromatic carbocycles. The van der Waals surface area contributed by atoms with Crippen LogP contribution in [0.3, 0.4) is 0 Å². The fourth-order valence-corrected chi connectivity index (χ4v) is 1.94. The molecular formula is C13H18N4O2. The molecule has 19 heavy (non-hydrogen) atoms. The average molecular weight is 262 g/mol. The molecule has 2 heterocycles. The van der Waals surface area contributed by atoms with Gasteiger partial charge in [0.2, 0.25) is 0 Å². The molecule has 1 fully saturated rings. The van der Waals surface area contributed by atoms with E-state index in [1.54, 1.807) is 11.1 Å². The molecule has 1 saturated heterocycles. The van der Waals surface area contributed by atoms with E-state index >= 15 is 0 Å². The van der Waals surface area contributed by atoms with E-state index in [2.05, 4.69) is 15.6 Å². The molecule has 6 nitrogen and oxygen atoms in total. The van der Waals surface area contributed by atoms with Crippen LogP contribution in [0.25, 0.3) is 0 Å². The predicted octanol–water partition coefficient (Wildman–Crippen LogP) is -0.828. The Bertz CT molecular complexity index is 430. The molecule has 2 N–H and O–H groups in total. The lowest BCUT2D eigenvalue weighted by Crippen LogP contribution is -2.51. The first-order valence-electron chi connectivity index (χ1n) is 6.45. The van der Waals surface area contributed by atoms with E-state index in [9.17, 15) is 9.59 Å². The lowest BCUT2D eigenvalue weighted by Gasteiger charge is -2.26. The maximum absolute atomic E-state index is 11.8. The number of nitrogens with one attached hydrogen (secondary N) is 2. The minimum absolute atomic E-state index is 0.424. The number of piperazine rings is 1. The van der Waals surface area contributed by atoms with Crippen LogP contribution in [0.5, 0.6) is 0 Å². The van der Waals surface area contributed by atoms with Crippen molar-refractivity contribution in [1.29, 1.82) is 0 Å². The van der Waals surface area contributed by atoms with Crippen LogP contribution in [0.15, 0.2) is 24.4 Å². The highest BCUT2D eigenvalue weighted by atomic mass is 16.2. The third-order valence-electron chi connectivity index (χ3n) is 2.99. The fourth-order valence-electron chi connectivity index (χ4n) is 1.94. The molecule has 0 aliphatic carbocycles. The maximum Gasteiger partial charge on any atom is 0.311 e. The zero-order valence-corrected chi connectivity index (χ0v) is 10.8. The molecule has 0 unspecified atom stereocenters. The van der Waals surface area contributed by atoms with Crippen LogP contribution in [0, 0.1) is 0 Å². The van der Waals surface area contributed by atoms with Crippen LogP contribution in [-0.4, -0.2) is 54.4 Å². The number of amides is 2. The van der Waals surface area contributed by atoms with E-state index < -0.39 is 11.8 Å². The van der Waals surface area contributed by atoms with E-state index in [0.29, 0.717) is 26.1 Å². The van der Waals surface area contributed by atoms with E-state index in [4.69, 9.17) is 0 Å². The van der Waals surface area contributed by atoms with Crippen molar-refractivity contribution in [2.45, 2.75) is 6.42 Å². The van der Waals surface area contributed by atoms with Gasteiger partial charge in [0, 0.05) is 51.0 Å². The van der Waals surface area contributed by atoms with Gasteiger partial charge in [0.05, 0.1) is 0 Å². The topological polar surface area (TPSA) is 74.3 Å². The third kappa shape index (κ3) is 4.03. The Balaban J connectivity index is 1.73. The smallest absolute Gasteiger partial charge is 0.311 e. The molecule has 1 aromatic heterocycles. The molecular weight excluding hydrogens is 244 g/mol. The summed E-state index contributed by atoms with van der Waals surface area (Å²) in [5.74, 6) is -0.972. The molecule has 1 aliphatic rings. The normalized spacial score (nSPS) is 15.1. The Kier molecular flexibility index (Phi) is 4.85. The van der Waals surface area contributed by atoms with Crippen LogP contribution < -0.4 is 10.6 Å². The summed E-state index contributed by atoms with van der Waals surface area (Å²) in [6.07, 6.45) is 2.34. The van der Waals surface area contributed by atoms with Gasteiger partial charge in [-0.1, -0.05) is 6.07 Å². The van der Waals surface area contributed by atoms with Crippen LogP contribution >= 0.6 is 0 Å². The van der Waals surface area contributed by atoms with E-state index in [1.807, 2.05) is 18.2 Å². The monoisotopic (exact) mass is 262 g/mol. The second kappa shape index (κ2) is 6.84. The molecule has 102 valence electrons. The molecule has 2 rings (SSSR count). The third-order valence-corrected chi connectivity index (χ3v) is 2.99. The molecule has 0 saturated carbocycles. The summed E-state index contributed by atoms with van der Waals surface area (Å²) in [7, 11) is 0. The predicted molar refractivity (Wildman–Crippen MR) is 70.4 cm³/mol. The Morgan fingerprint density at radius 3 is 2.79 bits per heavy atom. The van der Waals surface area contributed by atoms with Crippen LogP contribution in [-0.2, 0) is 16.0 Å². The Labute approximate surface area is 112 Å². The average Bonchev–Trinajstić information content (AvgIpc) is 2.48. The van der Waals surface area contributed by atoms with E-state index in [1.165, 1.54) is 0 Å². The molecule has 1 aromatic rings. The Hall–Kier alpha value is -1.95. The molecule has 6 heteroatoms. The minimum atomic E-state index is -0.530. The van der Waals surface area contributed by atoms with Gasteiger partial charge in [-0.15, -0.1) is 0 Å². The SMILES string of the molecule is O=C(NCCc1ccccn1)C(=O)N1CCNCC1. The van der Waals surface area contributed by atoms with Crippen molar-refractivity contribution in [1.82, 2.24) is 20.5 Å². The number of carbonyl (C=O) groups is 2. The first kappa shape index (κ1) is 13.5. The number of nitrogens with zero attached hydrogens (tertiary/aromatic N) is 2. The zero-order chi connectivity index (χ0) is 13.5. The number of pyridine rings is 1. The number of hydrogen-bond donors (Lipinski definition) is 2.